The highest BCUT2D eigenvalue weighted by Crippen LogP contribution is 2.25. The van der Waals surface area contributed by atoms with E-state index >= 15 is 0 Å². The van der Waals surface area contributed by atoms with Gasteiger partial charge in [-0.1, -0.05) is 36.4 Å². The summed E-state index contributed by atoms with van der Waals surface area (Å²) in [5.74, 6) is 0.185. The zero-order valence-electron chi connectivity index (χ0n) is 19.9. The predicted octanol–water partition coefficient (Wildman–Crippen LogP) is 4.74. The third-order valence-corrected chi connectivity index (χ3v) is 6.03. The summed E-state index contributed by atoms with van der Waals surface area (Å²) in [5, 5.41) is 13.7. The molecule has 36 heavy (non-hydrogen) atoms. The van der Waals surface area contributed by atoms with Gasteiger partial charge in [0.05, 0.1) is 17.4 Å². The number of rotatable bonds is 8. The smallest absolute Gasteiger partial charge is 0.258 e. The van der Waals surface area contributed by atoms with E-state index in [-0.39, 0.29) is 11.8 Å². The Labute approximate surface area is 208 Å². The molecule has 0 unspecified atom stereocenters. The van der Waals surface area contributed by atoms with E-state index in [1.165, 1.54) is 0 Å². The maximum atomic E-state index is 13.3. The number of anilines is 1. The number of carbonyl (C=O) groups is 2. The Morgan fingerprint density at radius 3 is 2.64 bits per heavy atom. The summed E-state index contributed by atoms with van der Waals surface area (Å²) in [4.78, 5) is 29.5. The fourth-order valence-corrected chi connectivity index (χ4v) is 4.11. The number of aromatic amines is 1. The molecule has 0 aliphatic carbocycles. The van der Waals surface area contributed by atoms with Gasteiger partial charge in [0.1, 0.15) is 0 Å². The van der Waals surface area contributed by atoms with Gasteiger partial charge in [0.2, 0.25) is 11.9 Å². The number of amides is 2. The minimum absolute atomic E-state index is 0.00202. The van der Waals surface area contributed by atoms with Crippen LogP contribution in [0.4, 0.5) is 5.95 Å². The van der Waals surface area contributed by atoms with Crippen LogP contribution >= 0.6 is 0 Å². The maximum absolute atomic E-state index is 13.3. The molecular weight excluding hydrogens is 452 g/mol. The third kappa shape index (κ3) is 5.02. The average Bonchev–Trinajstić information content (AvgIpc) is 3.55. The lowest BCUT2D eigenvalue weighted by Gasteiger charge is -2.10. The van der Waals surface area contributed by atoms with Gasteiger partial charge >= 0.3 is 0 Å². The molecule has 0 bridgehead atoms. The molecule has 3 N–H and O–H groups in total. The normalized spacial score (nSPS) is 10.9. The molecule has 0 spiro atoms. The van der Waals surface area contributed by atoms with E-state index in [0.29, 0.717) is 30.8 Å². The van der Waals surface area contributed by atoms with Crippen molar-refractivity contribution >= 4 is 28.7 Å². The Bertz CT molecular complexity index is 1520. The van der Waals surface area contributed by atoms with Crippen LogP contribution in [0.25, 0.3) is 27.7 Å². The number of nitrogens with one attached hydrogen (secondary N) is 3. The summed E-state index contributed by atoms with van der Waals surface area (Å²) in [7, 11) is 1.63. The second-order valence-electron chi connectivity index (χ2n) is 8.50. The van der Waals surface area contributed by atoms with Crippen molar-refractivity contribution in [2.75, 3.05) is 12.4 Å². The number of hydrogen-bond acceptors (Lipinski definition) is 4. The highest BCUT2D eigenvalue weighted by molar-refractivity contribution is 6.04. The fourth-order valence-electron chi connectivity index (χ4n) is 4.11. The zero-order chi connectivity index (χ0) is 24.9. The number of nitrogens with zero attached hydrogens (tertiary/aromatic N) is 3. The summed E-state index contributed by atoms with van der Waals surface area (Å²) in [6.45, 7) is 0. The van der Waals surface area contributed by atoms with Gasteiger partial charge in [-0.2, -0.15) is 5.10 Å². The van der Waals surface area contributed by atoms with Gasteiger partial charge in [0, 0.05) is 36.3 Å². The first kappa shape index (κ1) is 23.0. The molecule has 0 atom stereocenters. The van der Waals surface area contributed by atoms with Crippen molar-refractivity contribution < 1.29 is 9.59 Å². The lowest BCUT2D eigenvalue weighted by molar-refractivity contribution is -0.120. The summed E-state index contributed by atoms with van der Waals surface area (Å²) in [6.07, 6.45) is 5.41. The van der Waals surface area contributed by atoms with E-state index in [9.17, 15) is 9.59 Å². The number of benzene rings is 3. The molecule has 0 fully saturated rings. The summed E-state index contributed by atoms with van der Waals surface area (Å²) in [6, 6.07) is 23.3. The number of para-hydroxylation sites is 1. The van der Waals surface area contributed by atoms with Crippen LogP contribution in [0.15, 0.2) is 85.2 Å². The summed E-state index contributed by atoms with van der Waals surface area (Å²) in [5.41, 5.74) is 5.13. The molecule has 0 aliphatic rings. The SMILES string of the molecule is CNC(=O)CCCc1cn(-c2ccccc2)c(NC(=O)c2cccc(-c3ccc4[nH]ncc4c3)c2)n1. The topological polar surface area (TPSA) is 105 Å². The van der Waals surface area contributed by atoms with E-state index in [2.05, 4.69) is 25.8 Å². The molecule has 0 aliphatic heterocycles. The van der Waals surface area contributed by atoms with Crippen molar-refractivity contribution in [1.29, 1.82) is 0 Å². The number of hydrogen-bond donors (Lipinski definition) is 3. The first-order valence-electron chi connectivity index (χ1n) is 11.8. The van der Waals surface area contributed by atoms with Gasteiger partial charge in [0.15, 0.2) is 0 Å². The summed E-state index contributed by atoms with van der Waals surface area (Å²) >= 11 is 0. The van der Waals surface area contributed by atoms with E-state index in [0.717, 1.165) is 33.4 Å². The zero-order valence-corrected chi connectivity index (χ0v) is 19.9. The quantitative estimate of drug-likeness (QED) is 0.300. The molecule has 0 saturated carbocycles. The van der Waals surface area contributed by atoms with Gasteiger partial charge in [-0.3, -0.25) is 24.6 Å². The van der Waals surface area contributed by atoms with Gasteiger partial charge in [-0.25, -0.2) is 4.98 Å². The Kier molecular flexibility index (Phi) is 6.57. The highest BCUT2D eigenvalue weighted by Gasteiger charge is 2.15. The lowest BCUT2D eigenvalue weighted by atomic mass is 10.0. The van der Waals surface area contributed by atoms with Crippen LogP contribution in [0.1, 0.15) is 28.9 Å². The van der Waals surface area contributed by atoms with Crippen molar-refractivity contribution in [3.63, 3.8) is 0 Å². The number of imidazole rings is 1. The molecule has 0 radical (unpaired) electrons. The number of carbonyl (C=O) groups excluding carboxylic acids is 2. The molecule has 5 aromatic rings. The standard InChI is InChI=1S/C28H26N6O2/c1-29-26(35)12-6-9-23-18-34(24-10-3-2-4-11-24)28(31-23)32-27(36)21-8-5-7-19(15-21)20-13-14-25-22(16-20)17-30-33-25/h2-5,7-8,10-11,13-18H,6,9,12H2,1H3,(H,29,35)(H,30,33)(H,31,32,36). The molecular formula is C28H26N6O2. The van der Waals surface area contributed by atoms with Gasteiger partial charge in [-0.05, 0) is 60.4 Å². The molecule has 2 aromatic heterocycles. The molecule has 3 aromatic carbocycles. The van der Waals surface area contributed by atoms with Crippen molar-refractivity contribution in [2.24, 2.45) is 0 Å². The lowest BCUT2D eigenvalue weighted by Crippen LogP contribution is -2.17. The third-order valence-electron chi connectivity index (χ3n) is 6.03. The Morgan fingerprint density at radius 1 is 0.972 bits per heavy atom. The van der Waals surface area contributed by atoms with Crippen LogP contribution in [0, 0.1) is 0 Å². The van der Waals surface area contributed by atoms with Gasteiger partial charge < -0.3 is 5.32 Å². The first-order valence-corrected chi connectivity index (χ1v) is 11.8. The van der Waals surface area contributed by atoms with E-state index in [4.69, 9.17) is 0 Å². The van der Waals surface area contributed by atoms with E-state index in [1.54, 1.807) is 19.3 Å². The predicted molar refractivity (Wildman–Crippen MR) is 140 cm³/mol. The van der Waals surface area contributed by atoms with Crippen LogP contribution in [-0.4, -0.2) is 38.6 Å². The monoisotopic (exact) mass is 478 g/mol. The molecule has 0 saturated heterocycles. The molecule has 2 heterocycles. The fraction of sp³-hybridized carbons (Fsp3) is 0.143. The van der Waals surface area contributed by atoms with Crippen LogP contribution in [0.3, 0.4) is 0 Å². The van der Waals surface area contributed by atoms with Crippen molar-refractivity contribution in [3.05, 3.63) is 96.4 Å². The van der Waals surface area contributed by atoms with E-state index < -0.39 is 0 Å². The van der Waals surface area contributed by atoms with Gasteiger partial charge in [0.25, 0.3) is 5.91 Å². The largest absolute Gasteiger partial charge is 0.359 e. The molecule has 180 valence electrons. The van der Waals surface area contributed by atoms with Crippen LogP contribution in [0.5, 0.6) is 0 Å². The molecule has 8 heteroatoms. The first-order chi connectivity index (χ1) is 17.6. The molecule has 8 nitrogen and oxygen atoms in total. The number of fused-ring (bicyclic) bond motifs is 1. The molecule has 2 amide bonds. The number of aryl methyl sites for hydroxylation is 1. The second kappa shape index (κ2) is 10.3. The highest BCUT2D eigenvalue weighted by atomic mass is 16.2. The second-order valence-corrected chi connectivity index (χ2v) is 8.50. The van der Waals surface area contributed by atoms with Crippen molar-refractivity contribution in [1.82, 2.24) is 25.1 Å². The van der Waals surface area contributed by atoms with Crippen LogP contribution in [0.2, 0.25) is 0 Å². The minimum atomic E-state index is -0.249. The maximum Gasteiger partial charge on any atom is 0.258 e. The van der Waals surface area contributed by atoms with Crippen LogP contribution < -0.4 is 10.6 Å². The van der Waals surface area contributed by atoms with E-state index in [1.807, 2.05) is 77.5 Å². The number of H-pyrrole nitrogens is 1. The van der Waals surface area contributed by atoms with Gasteiger partial charge in [-0.15, -0.1) is 0 Å². The summed E-state index contributed by atoms with van der Waals surface area (Å²) < 4.78 is 1.86. The van der Waals surface area contributed by atoms with Crippen molar-refractivity contribution in [2.45, 2.75) is 19.3 Å². The number of aromatic nitrogens is 4. The minimum Gasteiger partial charge on any atom is -0.359 e. The molecule has 5 rings (SSSR count). The Hall–Kier alpha value is -4.72. The average molecular weight is 479 g/mol. The Morgan fingerprint density at radius 2 is 1.81 bits per heavy atom. The Balaban J connectivity index is 1.39. The van der Waals surface area contributed by atoms with Crippen LogP contribution in [-0.2, 0) is 11.2 Å². The van der Waals surface area contributed by atoms with Crippen molar-refractivity contribution in [3.8, 4) is 16.8 Å².